The summed E-state index contributed by atoms with van der Waals surface area (Å²) in [5.74, 6) is -0.177. The van der Waals surface area contributed by atoms with E-state index >= 15 is 0 Å². The Morgan fingerprint density at radius 3 is 2.67 bits per heavy atom. The maximum absolute atomic E-state index is 13.4. The van der Waals surface area contributed by atoms with Crippen molar-refractivity contribution in [1.29, 1.82) is 5.26 Å². The number of halogens is 3. The first kappa shape index (κ1) is 24.1. The highest BCUT2D eigenvalue weighted by atomic mass is 32.2. The number of carbonyl (C=O) groups is 1. The van der Waals surface area contributed by atoms with Crippen molar-refractivity contribution < 1.29 is 36.2 Å². The van der Waals surface area contributed by atoms with E-state index in [1.807, 2.05) is 6.07 Å². The Bertz CT molecular complexity index is 1320. The number of benzene rings is 1. The first-order chi connectivity index (χ1) is 15.2. The number of aryl methyl sites for hydroxylation is 2. The van der Waals surface area contributed by atoms with Gasteiger partial charge in [0.15, 0.2) is 11.4 Å². The van der Waals surface area contributed by atoms with Gasteiger partial charge in [-0.25, -0.2) is 13.1 Å². The standard InChI is InChI=1S/C20H17F3N4O5S/c1-4-19(29,20(21,22)23)15-10-32-17-14(33(30,31)26-15)9-27(3)16(17)18(28)25-13-6-5-11(2)12(7-13)8-24/h1,5-7,9,15,26,29H,10H2,2-3H3,(H,25,28)/t15-,19-/m1/s1. The van der Waals surface area contributed by atoms with Crippen LogP contribution in [0.1, 0.15) is 21.6 Å². The number of aliphatic hydroxyl groups is 1. The molecule has 0 saturated carbocycles. The highest BCUT2D eigenvalue weighted by Gasteiger charge is 2.60. The molecule has 2 atom stereocenters. The average Bonchev–Trinajstić information content (AvgIpc) is 3.01. The first-order valence-electron chi connectivity index (χ1n) is 9.18. The smallest absolute Gasteiger partial charge is 0.430 e. The Morgan fingerprint density at radius 1 is 1.42 bits per heavy atom. The summed E-state index contributed by atoms with van der Waals surface area (Å²) >= 11 is 0. The van der Waals surface area contributed by atoms with Crippen molar-refractivity contribution in [2.24, 2.45) is 7.05 Å². The molecule has 2 aromatic rings. The van der Waals surface area contributed by atoms with E-state index < -0.39 is 51.0 Å². The number of aromatic nitrogens is 1. The van der Waals surface area contributed by atoms with Gasteiger partial charge in [-0.2, -0.15) is 18.4 Å². The maximum Gasteiger partial charge on any atom is 0.430 e. The first-order valence-corrected chi connectivity index (χ1v) is 10.7. The highest BCUT2D eigenvalue weighted by molar-refractivity contribution is 7.89. The van der Waals surface area contributed by atoms with E-state index in [2.05, 4.69) is 5.32 Å². The Balaban J connectivity index is 2.01. The van der Waals surface area contributed by atoms with Gasteiger partial charge in [-0.3, -0.25) is 4.79 Å². The van der Waals surface area contributed by atoms with E-state index in [-0.39, 0.29) is 11.4 Å². The van der Waals surface area contributed by atoms with E-state index in [4.69, 9.17) is 16.4 Å². The number of ether oxygens (including phenoxy) is 1. The van der Waals surface area contributed by atoms with Gasteiger partial charge in [-0.15, -0.1) is 6.42 Å². The fourth-order valence-corrected chi connectivity index (χ4v) is 4.65. The maximum atomic E-state index is 13.4. The monoisotopic (exact) mass is 482 g/mol. The lowest BCUT2D eigenvalue weighted by molar-refractivity contribution is -0.245. The largest absolute Gasteiger partial charge is 0.488 e. The van der Waals surface area contributed by atoms with Crippen LogP contribution in [-0.2, 0) is 17.1 Å². The number of fused-ring (bicyclic) bond motifs is 1. The van der Waals surface area contributed by atoms with Crippen LogP contribution in [0.2, 0.25) is 0 Å². The van der Waals surface area contributed by atoms with E-state index in [1.165, 1.54) is 25.1 Å². The molecule has 0 spiro atoms. The van der Waals surface area contributed by atoms with Crippen LogP contribution in [0.25, 0.3) is 0 Å². The number of nitrogens with zero attached hydrogens (tertiary/aromatic N) is 2. The zero-order valence-electron chi connectivity index (χ0n) is 17.2. The third-order valence-corrected chi connectivity index (χ3v) is 6.54. The topological polar surface area (TPSA) is 133 Å². The zero-order chi connectivity index (χ0) is 24.8. The number of amides is 1. The molecule has 3 rings (SSSR count). The van der Waals surface area contributed by atoms with Gasteiger partial charge in [0.2, 0.25) is 15.6 Å². The predicted octanol–water partition coefficient (Wildman–Crippen LogP) is 1.42. The summed E-state index contributed by atoms with van der Waals surface area (Å²) in [6.07, 6.45) is 0.471. The number of nitriles is 1. The normalized spacial score (nSPS) is 19.1. The number of alkyl halides is 3. The summed E-state index contributed by atoms with van der Waals surface area (Å²) in [6, 6.07) is 4.19. The Labute approximate surface area is 186 Å². The zero-order valence-corrected chi connectivity index (χ0v) is 18.0. The van der Waals surface area contributed by atoms with Gasteiger partial charge in [-0.1, -0.05) is 12.0 Å². The summed E-state index contributed by atoms with van der Waals surface area (Å²) in [5, 5.41) is 21.6. The Kier molecular flexibility index (Phi) is 5.93. The van der Waals surface area contributed by atoms with E-state index in [9.17, 15) is 31.5 Å². The molecule has 1 amide bonds. The summed E-state index contributed by atoms with van der Waals surface area (Å²) in [6.45, 7) is 0.682. The number of sulfonamides is 1. The molecule has 3 N–H and O–H groups in total. The lowest BCUT2D eigenvalue weighted by Crippen LogP contribution is -2.61. The minimum Gasteiger partial charge on any atom is -0.488 e. The SMILES string of the molecule is C#C[C@@](O)([C@H]1COc2c(cn(C)c2C(=O)Nc2ccc(C)c(C#N)c2)S(=O)(=O)N1)C(F)(F)F. The number of terminal acetylenes is 1. The predicted molar refractivity (Wildman–Crippen MR) is 109 cm³/mol. The van der Waals surface area contributed by atoms with Crippen molar-refractivity contribution >= 4 is 21.6 Å². The van der Waals surface area contributed by atoms with E-state index in [0.29, 0.717) is 11.1 Å². The van der Waals surface area contributed by atoms with Crippen LogP contribution < -0.4 is 14.8 Å². The molecule has 1 aromatic heterocycles. The molecule has 0 bridgehead atoms. The third kappa shape index (κ3) is 4.14. The number of rotatable bonds is 3. The fourth-order valence-electron chi connectivity index (χ4n) is 3.22. The second-order valence-corrected chi connectivity index (χ2v) is 8.95. The summed E-state index contributed by atoms with van der Waals surface area (Å²) in [5.41, 5.74) is -2.98. The van der Waals surface area contributed by atoms with Crippen LogP contribution >= 0.6 is 0 Å². The molecular weight excluding hydrogens is 465 g/mol. The molecular formula is C20H17F3N4O5S. The van der Waals surface area contributed by atoms with Gasteiger partial charge in [0, 0.05) is 18.9 Å². The van der Waals surface area contributed by atoms with Crippen molar-refractivity contribution in [2.45, 2.75) is 29.6 Å². The number of anilines is 1. The molecule has 9 nitrogen and oxygen atoms in total. The summed E-state index contributed by atoms with van der Waals surface area (Å²) in [4.78, 5) is 12.3. The van der Waals surface area contributed by atoms with Crippen molar-refractivity contribution in [3.8, 4) is 24.2 Å². The van der Waals surface area contributed by atoms with Crippen molar-refractivity contribution in [3.05, 3.63) is 41.2 Å². The lowest BCUT2D eigenvalue weighted by Gasteiger charge is -2.32. The minimum absolute atomic E-state index is 0.225. The van der Waals surface area contributed by atoms with Gasteiger partial charge < -0.3 is 19.7 Å². The lowest BCUT2D eigenvalue weighted by atomic mass is 9.95. The van der Waals surface area contributed by atoms with E-state index in [1.54, 1.807) is 17.7 Å². The van der Waals surface area contributed by atoms with Gasteiger partial charge in [-0.05, 0) is 24.6 Å². The molecule has 0 aliphatic carbocycles. The number of hydrogen-bond acceptors (Lipinski definition) is 6. The Morgan fingerprint density at radius 2 is 2.09 bits per heavy atom. The number of hydrogen-bond donors (Lipinski definition) is 3. The van der Waals surface area contributed by atoms with Crippen LogP contribution in [0, 0.1) is 30.6 Å². The minimum atomic E-state index is -5.37. The molecule has 33 heavy (non-hydrogen) atoms. The van der Waals surface area contributed by atoms with Gasteiger partial charge in [0.25, 0.3) is 5.91 Å². The van der Waals surface area contributed by atoms with Crippen LogP contribution in [0.3, 0.4) is 0 Å². The van der Waals surface area contributed by atoms with Crippen molar-refractivity contribution in [3.63, 3.8) is 0 Å². The quantitative estimate of drug-likeness (QED) is 0.567. The van der Waals surface area contributed by atoms with Crippen LogP contribution in [-0.4, -0.2) is 48.4 Å². The summed E-state index contributed by atoms with van der Waals surface area (Å²) in [7, 11) is -3.34. The molecule has 1 aromatic carbocycles. The third-order valence-electron chi connectivity index (χ3n) is 5.07. The average molecular weight is 482 g/mol. The Hall–Kier alpha value is -3.52. The summed E-state index contributed by atoms with van der Waals surface area (Å²) < 4.78 is 73.7. The molecule has 1 aliphatic heterocycles. The highest BCUT2D eigenvalue weighted by Crippen LogP contribution is 2.38. The molecule has 0 unspecified atom stereocenters. The second-order valence-electron chi connectivity index (χ2n) is 7.27. The molecule has 0 fully saturated rings. The van der Waals surface area contributed by atoms with Crippen LogP contribution in [0.15, 0.2) is 29.3 Å². The van der Waals surface area contributed by atoms with Crippen LogP contribution in [0.4, 0.5) is 18.9 Å². The van der Waals surface area contributed by atoms with Crippen molar-refractivity contribution in [1.82, 2.24) is 9.29 Å². The fraction of sp³-hybridized carbons (Fsp3) is 0.300. The molecule has 13 heteroatoms. The molecule has 0 saturated heterocycles. The van der Waals surface area contributed by atoms with Gasteiger partial charge >= 0.3 is 6.18 Å². The molecule has 1 aliphatic rings. The number of nitrogens with one attached hydrogen (secondary N) is 2. The van der Waals surface area contributed by atoms with Crippen molar-refractivity contribution in [2.75, 3.05) is 11.9 Å². The molecule has 0 radical (unpaired) electrons. The van der Waals surface area contributed by atoms with Crippen LogP contribution in [0.5, 0.6) is 5.75 Å². The van der Waals surface area contributed by atoms with Gasteiger partial charge in [0.1, 0.15) is 17.5 Å². The molecule has 174 valence electrons. The molecule has 2 heterocycles. The number of carbonyl (C=O) groups excluding carboxylic acids is 1. The second kappa shape index (κ2) is 8.12. The van der Waals surface area contributed by atoms with Gasteiger partial charge in [0.05, 0.1) is 11.6 Å². The van der Waals surface area contributed by atoms with E-state index in [0.717, 1.165) is 10.8 Å².